The fourth-order valence-corrected chi connectivity index (χ4v) is 5.37. The van der Waals surface area contributed by atoms with E-state index in [1.165, 1.54) is 11.1 Å². The van der Waals surface area contributed by atoms with Crippen molar-refractivity contribution < 1.29 is 9.59 Å². The highest BCUT2D eigenvalue weighted by atomic mass is 16.2. The van der Waals surface area contributed by atoms with Crippen LogP contribution in [0.15, 0.2) is 78.9 Å². The first-order chi connectivity index (χ1) is 16.7. The normalized spacial score (nSPS) is 20.0. The summed E-state index contributed by atoms with van der Waals surface area (Å²) in [6.07, 6.45) is 5.68. The molecule has 3 heterocycles. The summed E-state index contributed by atoms with van der Waals surface area (Å²) in [7, 11) is 0. The summed E-state index contributed by atoms with van der Waals surface area (Å²) >= 11 is 0. The van der Waals surface area contributed by atoms with Crippen LogP contribution in [-0.2, 0) is 12.8 Å². The van der Waals surface area contributed by atoms with Crippen LogP contribution >= 0.6 is 0 Å². The predicted molar refractivity (Wildman–Crippen MR) is 133 cm³/mol. The molecule has 34 heavy (non-hydrogen) atoms. The number of rotatable bonds is 6. The van der Waals surface area contributed by atoms with Crippen molar-refractivity contribution in [1.29, 1.82) is 0 Å². The van der Waals surface area contributed by atoms with E-state index in [0.29, 0.717) is 11.4 Å². The van der Waals surface area contributed by atoms with Crippen molar-refractivity contribution in [2.45, 2.75) is 50.6 Å². The summed E-state index contributed by atoms with van der Waals surface area (Å²) in [4.78, 5) is 35.2. The molecular weight excluding hydrogens is 422 g/mol. The molecule has 5 nitrogen and oxygen atoms in total. The van der Waals surface area contributed by atoms with Gasteiger partial charge in [0.15, 0.2) is 0 Å². The number of aromatic nitrogens is 1. The van der Waals surface area contributed by atoms with Gasteiger partial charge in [-0.2, -0.15) is 0 Å². The Kier molecular flexibility index (Phi) is 6.70. The van der Waals surface area contributed by atoms with Gasteiger partial charge >= 0.3 is 0 Å². The molecule has 0 aliphatic carbocycles. The Morgan fingerprint density at radius 1 is 0.647 bits per heavy atom. The largest absolute Gasteiger partial charge is 0.334 e. The fourth-order valence-electron chi connectivity index (χ4n) is 5.37. The van der Waals surface area contributed by atoms with Gasteiger partial charge in [-0.05, 0) is 61.8 Å². The Bertz CT molecular complexity index is 1050. The first-order valence-electron chi connectivity index (χ1n) is 12.4. The number of pyridine rings is 1. The van der Waals surface area contributed by atoms with E-state index in [-0.39, 0.29) is 23.9 Å². The molecule has 0 spiro atoms. The van der Waals surface area contributed by atoms with E-state index in [4.69, 9.17) is 0 Å². The lowest BCUT2D eigenvalue weighted by molar-refractivity contribution is 0.0723. The Hall–Kier alpha value is -3.47. The van der Waals surface area contributed by atoms with E-state index in [9.17, 15) is 9.59 Å². The average molecular weight is 454 g/mol. The lowest BCUT2D eigenvalue weighted by Gasteiger charge is -2.26. The molecule has 0 unspecified atom stereocenters. The van der Waals surface area contributed by atoms with Gasteiger partial charge < -0.3 is 9.80 Å². The number of benzene rings is 2. The second kappa shape index (κ2) is 10.2. The topological polar surface area (TPSA) is 53.5 Å². The van der Waals surface area contributed by atoms with Crippen molar-refractivity contribution in [2.75, 3.05) is 13.1 Å². The number of nitrogens with zero attached hydrogens (tertiary/aromatic N) is 3. The highest BCUT2D eigenvalue weighted by Gasteiger charge is 2.32. The monoisotopic (exact) mass is 453 g/mol. The number of hydrogen-bond donors (Lipinski definition) is 0. The first kappa shape index (κ1) is 22.3. The molecule has 2 aliphatic heterocycles. The van der Waals surface area contributed by atoms with E-state index < -0.39 is 0 Å². The zero-order valence-corrected chi connectivity index (χ0v) is 19.5. The second-order valence-electron chi connectivity index (χ2n) is 9.38. The Morgan fingerprint density at radius 2 is 1.09 bits per heavy atom. The van der Waals surface area contributed by atoms with Crippen LogP contribution in [0.3, 0.4) is 0 Å². The molecule has 5 rings (SSSR count). The highest BCUT2D eigenvalue weighted by molar-refractivity contribution is 5.96. The summed E-state index contributed by atoms with van der Waals surface area (Å²) in [5.74, 6) is -0.148. The molecule has 174 valence electrons. The van der Waals surface area contributed by atoms with Crippen LogP contribution in [0.25, 0.3) is 0 Å². The van der Waals surface area contributed by atoms with Crippen molar-refractivity contribution >= 4 is 11.8 Å². The molecule has 2 amide bonds. The van der Waals surface area contributed by atoms with Crippen LogP contribution in [0, 0.1) is 0 Å². The zero-order valence-electron chi connectivity index (χ0n) is 19.5. The minimum Gasteiger partial charge on any atom is -0.334 e. The van der Waals surface area contributed by atoms with Crippen molar-refractivity contribution in [3.63, 3.8) is 0 Å². The summed E-state index contributed by atoms with van der Waals surface area (Å²) < 4.78 is 0. The molecule has 5 heteroatoms. The Morgan fingerprint density at radius 3 is 1.53 bits per heavy atom. The van der Waals surface area contributed by atoms with Gasteiger partial charge in [-0.15, -0.1) is 0 Å². The smallest absolute Gasteiger partial charge is 0.272 e. The third-order valence-electron chi connectivity index (χ3n) is 7.09. The maximum atomic E-state index is 13.4. The lowest BCUT2D eigenvalue weighted by Crippen LogP contribution is -2.39. The molecule has 1 aromatic heterocycles. The first-order valence-corrected chi connectivity index (χ1v) is 12.4. The van der Waals surface area contributed by atoms with Gasteiger partial charge in [-0.25, -0.2) is 4.98 Å². The van der Waals surface area contributed by atoms with Crippen molar-refractivity contribution in [3.05, 3.63) is 101 Å². The van der Waals surface area contributed by atoms with Crippen LogP contribution in [-0.4, -0.2) is 51.8 Å². The van der Waals surface area contributed by atoms with Gasteiger partial charge in [0, 0.05) is 25.2 Å². The zero-order chi connectivity index (χ0) is 23.3. The molecule has 0 radical (unpaired) electrons. The summed E-state index contributed by atoms with van der Waals surface area (Å²) in [6, 6.07) is 26.2. The summed E-state index contributed by atoms with van der Waals surface area (Å²) in [5.41, 5.74) is 3.21. The molecule has 2 saturated heterocycles. The number of carbonyl (C=O) groups excluding carboxylic acids is 2. The third kappa shape index (κ3) is 4.89. The average Bonchev–Trinajstić information content (AvgIpc) is 3.54. The van der Waals surface area contributed by atoms with Crippen LogP contribution in [0.2, 0.25) is 0 Å². The summed E-state index contributed by atoms with van der Waals surface area (Å²) in [5, 5.41) is 0. The molecule has 2 aliphatic rings. The van der Waals surface area contributed by atoms with Crippen LogP contribution < -0.4 is 0 Å². The highest BCUT2D eigenvalue weighted by Crippen LogP contribution is 2.25. The Labute approximate surface area is 201 Å². The van der Waals surface area contributed by atoms with Gasteiger partial charge in [0.2, 0.25) is 0 Å². The van der Waals surface area contributed by atoms with E-state index in [1.54, 1.807) is 18.2 Å². The standard InChI is InChI=1S/C29H31N3O2/c33-28(31-18-8-14-24(31)20-22-10-3-1-4-11-22)26-16-7-17-27(30-26)29(34)32-19-9-15-25(32)21-23-12-5-2-6-13-23/h1-7,10-13,16-17,24-25H,8-9,14-15,18-21H2/t24-,25+. The SMILES string of the molecule is O=C(c1cccc(C(=O)N2CCC[C@H]2Cc2ccccc2)n1)N1CCC[C@@H]1Cc1ccccc1. The van der Waals surface area contributed by atoms with Crippen LogP contribution in [0.4, 0.5) is 0 Å². The fraction of sp³-hybridized carbons (Fsp3) is 0.345. The lowest BCUT2D eigenvalue weighted by atomic mass is 10.0. The van der Waals surface area contributed by atoms with Gasteiger partial charge in [0.1, 0.15) is 11.4 Å². The summed E-state index contributed by atoms with van der Waals surface area (Å²) in [6.45, 7) is 1.48. The maximum Gasteiger partial charge on any atom is 0.272 e. The van der Waals surface area contributed by atoms with Gasteiger partial charge in [-0.1, -0.05) is 66.7 Å². The van der Waals surface area contributed by atoms with Gasteiger partial charge in [-0.3, -0.25) is 9.59 Å². The van der Waals surface area contributed by atoms with Crippen molar-refractivity contribution in [3.8, 4) is 0 Å². The molecule has 0 bridgehead atoms. The molecule has 2 aromatic carbocycles. The van der Waals surface area contributed by atoms with Crippen molar-refractivity contribution in [2.24, 2.45) is 0 Å². The molecule has 2 fully saturated rings. The molecular formula is C29H31N3O2. The van der Waals surface area contributed by atoms with E-state index in [2.05, 4.69) is 29.2 Å². The van der Waals surface area contributed by atoms with Crippen molar-refractivity contribution in [1.82, 2.24) is 14.8 Å². The number of amides is 2. The van der Waals surface area contributed by atoms with Gasteiger partial charge in [0.05, 0.1) is 0 Å². The quantitative estimate of drug-likeness (QED) is 0.540. The molecule has 2 atom stereocenters. The van der Waals surface area contributed by atoms with E-state index in [1.807, 2.05) is 46.2 Å². The second-order valence-corrected chi connectivity index (χ2v) is 9.38. The number of hydrogen-bond acceptors (Lipinski definition) is 3. The van der Waals surface area contributed by atoms with Crippen LogP contribution in [0.1, 0.15) is 57.8 Å². The van der Waals surface area contributed by atoms with Gasteiger partial charge in [0.25, 0.3) is 11.8 Å². The molecule has 0 N–H and O–H groups in total. The van der Waals surface area contributed by atoms with E-state index in [0.717, 1.165) is 51.6 Å². The minimum absolute atomic E-state index is 0.0738. The van der Waals surface area contributed by atoms with Crippen LogP contribution in [0.5, 0.6) is 0 Å². The maximum absolute atomic E-state index is 13.4. The number of carbonyl (C=O) groups is 2. The Balaban J connectivity index is 1.30. The minimum atomic E-state index is -0.0738. The predicted octanol–water partition coefficient (Wildman–Crippen LogP) is 4.78. The van der Waals surface area contributed by atoms with E-state index >= 15 is 0 Å². The molecule has 0 saturated carbocycles. The third-order valence-corrected chi connectivity index (χ3v) is 7.09. The molecule has 3 aromatic rings. The number of likely N-dealkylation sites (tertiary alicyclic amines) is 2.